The quantitative estimate of drug-likeness (QED) is 0.203. The van der Waals surface area contributed by atoms with E-state index in [4.69, 9.17) is 14.5 Å². The highest BCUT2D eigenvalue weighted by molar-refractivity contribution is 7.99. The normalized spacial score (nSPS) is 10.9. The maximum absolute atomic E-state index is 13.7. The average Bonchev–Trinajstić information content (AvgIpc) is 3.39. The van der Waals surface area contributed by atoms with E-state index in [1.165, 1.54) is 11.8 Å². The lowest BCUT2D eigenvalue weighted by Crippen LogP contribution is -2.25. The Morgan fingerprint density at radius 1 is 0.974 bits per heavy atom. The molecule has 0 saturated heterocycles. The molecule has 0 spiro atoms. The molecule has 0 fully saturated rings. The Labute approximate surface area is 223 Å². The first-order valence-corrected chi connectivity index (χ1v) is 12.9. The number of carbonyl (C=O) groups excluding carboxylic acids is 1. The number of hydrogen-bond donors (Lipinski definition) is 2. The van der Waals surface area contributed by atoms with Crippen LogP contribution < -0.4 is 20.3 Å². The van der Waals surface area contributed by atoms with Gasteiger partial charge in [-0.2, -0.15) is 0 Å². The van der Waals surface area contributed by atoms with Gasteiger partial charge in [0, 0.05) is 11.8 Å². The summed E-state index contributed by atoms with van der Waals surface area (Å²) in [5, 5.41) is 3.33. The number of H-pyrrole nitrogens is 1. The van der Waals surface area contributed by atoms with Gasteiger partial charge in [0.05, 0.1) is 32.2 Å². The van der Waals surface area contributed by atoms with Gasteiger partial charge in [-0.15, -0.1) is 0 Å². The number of aromatic nitrogens is 3. The lowest BCUT2D eigenvalue weighted by atomic mass is 10.1. The third kappa shape index (κ3) is 5.28. The number of thioether (sulfide) groups is 1. The van der Waals surface area contributed by atoms with Gasteiger partial charge in [0.25, 0.3) is 5.56 Å². The summed E-state index contributed by atoms with van der Waals surface area (Å²) in [6.45, 7) is 0.294. The number of aromatic amines is 1. The number of benzene rings is 3. The van der Waals surface area contributed by atoms with Crippen LogP contribution in [0.4, 0.5) is 5.69 Å². The molecule has 0 aliphatic carbocycles. The van der Waals surface area contributed by atoms with Crippen molar-refractivity contribution in [1.29, 1.82) is 0 Å². The molecule has 0 radical (unpaired) electrons. The number of methoxy groups -OCH3 is 2. The fourth-order valence-corrected chi connectivity index (χ4v) is 4.93. The zero-order valence-corrected chi connectivity index (χ0v) is 21.7. The van der Waals surface area contributed by atoms with Crippen LogP contribution in [0.5, 0.6) is 11.5 Å². The van der Waals surface area contributed by atoms with E-state index in [2.05, 4.69) is 10.3 Å². The average molecular weight is 527 g/mol. The van der Waals surface area contributed by atoms with Gasteiger partial charge in [-0.05, 0) is 35.4 Å². The number of fused-ring (bicyclic) bond motifs is 1. The van der Waals surface area contributed by atoms with E-state index in [1.807, 2.05) is 66.7 Å². The molecule has 0 unspecified atom stereocenters. The number of para-hydroxylation sites is 2. The molecule has 192 valence electrons. The second-order valence-electron chi connectivity index (χ2n) is 8.46. The molecule has 5 aromatic rings. The molecule has 3 aromatic carbocycles. The van der Waals surface area contributed by atoms with E-state index < -0.39 is 0 Å². The van der Waals surface area contributed by atoms with Gasteiger partial charge >= 0.3 is 0 Å². The highest BCUT2D eigenvalue weighted by atomic mass is 32.2. The van der Waals surface area contributed by atoms with Crippen LogP contribution in [0.15, 0.2) is 95.0 Å². The molecular weight excluding hydrogens is 500 g/mol. The largest absolute Gasteiger partial charge is 0.497 e. The molecule has 38 heavy (non-hydrogen) atoms. The Kier molecular flexibility index (Phi) is 7.46. The van der Waals surface area contributed by atoms with Crippen LogP contribution >= 0.6 is 11.8 Å². The minimum absolute atomic E-state index is 0.0592. The molecule has 0 saturated carbocycles. The molecule has 2 N–H and O–H groups in total. The minimum atomic E-state index is -0.234. The van der Waals surface area contributed by atoms with Crippen LogP contribution in [0.2, 0.25) is 0 Å². The van der Waals surface area contributed by atoms with E-state index in [1.54, 1.807) is 37.1 Å². The van der Waals surface area contributed by atoms with Crippen molar-refractivity contribution in [3.63, 3.8) is 0 Å². The first-order valence-electron chi connectivity index (χ1n) is 11.9. The van der Waals surface area contributed by atoms with E-state index in [0.717, 1.165) is 22.4 Å². The molecule has 0 bridgehead atoms. The molecule has 2 heterocycles. The maximum Gasteiger partial charge on any atom is 0.278 e. The summed E-state index contributed by atoms with van der Waals surface area (Å²) >= 11 is 1.21. The maximum atomic E-state index is 13.7. The number of anilines is 1. The third-order valence-electron chi connectivity index (χ3n) is 6.05. The molecular formula is C29H26N4O4S. The lowest BCUT2D eigenvalue weighted by molar-refractivity contribution is -0.113. The highest BCUT2D eigenvalue weighted by Gasteiger charge is 2.18. The fourth-order valence-electron chi connectivity index (χ4n) is 4.14. The zero-order chi connectivity index (χ0) is 26.5. The van der Waals surface area contributed by atoms with Crippen molar-refractivity contribution in [2.75, 3.05) is 25.3 Å². The predicted molar refractivity (Wildman–Crippen MR) is 150 cm³/mol. The number of nitrogens with one attached hydrogen (secondary N) is 2. The Morgan fingerprint density at radius 3 is 2.45 bits per heavy atom. The van der Waals surface area contributed by atoms with Crippen LogP contribution in [0, 0.1) is 0 Å². The van der Waals surface area contributed by atoms with Crippen LogP contribution in [-0.4, -0.2) is 40.4 Å². The van der Waals surface area contributed by atoms with Crippen molar-refractivity contribution in [1.82, 2.24) is 14.5 Å². The zero-order valence-electron chi connectivity index (χ0n) is 20.9. The van der Waals surface area contributed by atoms with Crippen LogP contribution in [0.1, 0.15) is 5.56 Å². The van der Waals surface area contributed by atoms with Gasteiger partial charge in [0.2, 0.25) is 5.91 Å². The minimum Gasteiger partial charge on any atom is -0.497 e. The number of carbonyl (C=O) groups is 1. The van der Waals surface area contributed by atoms with Crippen LogP contribution in [0.3, 0.4) is 0 Å². The standard InChI is InChI=1S/C29H26N4O4S/c1-36-21-14-12-19(13-15-21)17-33-28(35)27-26(22(16-30-27)20-8-4-3-5-9-20)32-29(33)38-18-25(34)31-23-10-6-7-11-24(23)37-2/h3-16,30H,17-18H2,1-2H3,(H,31,34). The SMILES string of the molecule is COc1ccc(Cn2c(SCC(=O)Nc3ccccc3OC)nc3c(-c4ccccc4)c[nH]c3c2=O)cc1. The Bertz CT molecular complexity index is 1630. The van der Waals surface area contributed by atoms with Crippen LogP contribution in [-0.2, 0) is 11.3 Å². The van der Waals surface area contributed by atoms with Gasteiger partial charge in [-0.25, -0.2) is 4.98 Å². The topological polar surface area (TPSA) is 98.2 Å². The van der Waals surface area contributed by atoms with Crippen LogP contribution in [0.25, 0.3) is 22.2 Å². The smallest absolute Gasteiger partial charge is 0.278 e. The van der Waals surface area contributed by atoms with Gasteiger partial charge in [-0.1, -0.05) is 66.4 Å². The molecule has 0 aliphatic rings. The number of rotatable bonds is 9. The summed E-state index contributed by atoms with van der Waals surface area (Å²) in [6.07, 6.45) is 1.80. The first kappa shape index (κ1) is 25.2. The monoisotopic (exact) mass is 526 g/mol. The Hall–Kier alpha value is -4.50. The second kappa shape index (κ2) is 11.3. The van der Waals surface area contributed by atoms with Gasteiger partial charge in [-0.3, -0.25) is 14.2 Å². The van der Waals surface area contributed by atoms with Gasteiger partial charge in [0.15, 0.2) is 5.16 Å². The molecule has 0 aliphatic heterocycles. The van der Waals surface area contributed by atoms with Gasteiger partial charge in [0.1, 0.15) is 22.5 Å². The molecule has 8 nitrogen and oxygen atoms in total. The number of hydrogen-bond acceptors (Lipinski definition) is 6. The summed E-state index contributed by atoms with van der Waals surface area (Å²) in [5.41, 5.74) is 4.04. The molecule has 9 heteroatoms. The van der Waals surface area contributed by atoms with E-state index in [9.17, 15) is 9.59 Å². The summed E-state index contributed by atoms with van der Waals surface area (Å²) < 4.78 is 12.2. The van der Waals surface area contributed by atoms with Crippen molar-refractivity contribution in [2.24, 2.45) is 0 Å². The van der Waals surface area contributed by atoms with E-state index >= 15 is 0 Å². The molecule has 0 atom stereocenters. The highest BCUT2D eigenvalue weighted by Crippen LogP contribution is 2.29. The van der Waals surface area contributed by atoms with Crippen molar-refractivity contribution in [3.05, 3.63) is 101 Å². The fraction of sp³-hybridized carbons (Fsp3) is 0.138. The van der Waals surface area contributed by atoms with Crippen molar-refractivity contribution in [3.8, 4) is 22.6 Å². The summed E-state index contributed by atoms with van der Waals surface area (Å²) in [5.74, 6) is 1.13. The predicted octanol–water partition coefficient (Wildman–Crippen LogP) is 5.19. The summed E-state index contributed by atoms with van der Waals surface area (Å²) in [7, 11) is 3.16. The van der Waals surface area contributed by atoms with Crippen molar-refractivity contribution in [2.45, 2.75) is 11.7 Å². The van der Waals surface area contributed by atoms with Gasteiger partial charge < -0.3 is 19.8 Å². The number of amides is 1. The first-order chi connectivity index (χ1) is 18.6. The lowest BCUT2D eigenvalue weighted by Gasteiger charge is -2.14. The van der Waals surface area contributed by atoms with Crippen molar-refractivity contribution >= 4 is 34.4 Å². The number of nitrogens with zero attached hydrogens (tertiary/aromatic N) is 2. The van der Waals surface area contributed by atoms with Crippen molar-refractivity contribution < 1.29 is 14.3 Å². The van der Waals surface area contributed by atoms with E-state index in [0.29, 0.717) is 34.2 Å². The molecule has 1 amide bonds. The summed E-state index contributed by atoms with van der Waals surface area (Å²) in [4.78, 5) is 34.5. The molecule has 2 aromatic heterocycles. The summed E-state index contributed by atoms with van der Waals surface area (Å²) in [6, 6.07) is 24.5. The number of ether oxygens (including phenoxy) is 2. The van der Waals surface area contributed by atoms with E-state index in [-0.39, 0.29) is 17.2 Å². The Morgan fingerprint density at radius 2 is 1.71 bits per heavy atom. The molecule has 5 rings (SSSR count). The second-order valence-corrected chi connectivity index (χ2v) is 9.41. The third-order valence-corrected chi connectivity index (χ3v) is 7.02. The Balaban J connectivity index is 1.50.